The number of hydrogen-bond donors (Lipinski definition) is 2. The second-order valence-corrected chi connectivity index (χ2v) is 9.22. The maximum atomic E-state index is 14.5. The number of anilines is 1. The molecule has 2 aliphatic heterocycles. The summed E-state index contributed by atoms with van der Waals surface area (Å²) in [5, 5.41) is 12.5. The maximum absolute atomic E-state index is 14.5. The average molecular weight is 521 g/mol. The molecular weight excluding hydrogens is 491 g/mol. The van der Waals surface area contributed by atoms with Gasteiger partial charge in [0.25, 0.3) is 0 Å². The molecular formula is C25H30ClFN4O5. The van der Waals surface area contributed by atoms with Gasteiger partial charge >= 0.3 is 18.0 Å². The highest BCUT2D eigenvalue weighted by atomic mass is 35.5. The fraction of sp³-hybridized carbons (Fsp3) is 0.400. The second kappa shape index (κ2) is 11.5. The van der Waals surface area contributed by atoms with Crippen molar-refractivity contribution in [1.82, 2.24) is 14.7 Å². The number of imide groups is 1. The Labute approximate surface area is 214 Å². The fourth-order valence-corrected chi connectivity index (χ4v) is 3.82. The van der Waals surface area contributed by atoms with Crippen molar-refractivity contribution in [2.45, 2.75) is 52.0 Å². The van der Waals surface area contributed by atoms with Crippen LogP contribution in [0.5, 0.6) is 5.75 Å². The van der Waals surface area contributed by atoms with Gasteiger partial charge in [0.15, 0.2) is 17.7 Å². The van der Waals surface area contributed by atoms with Gasteiger partial charge < -0.3 is 15.2 Å². The quantitative estimate of drug-likeness (QED) is 0.298. The van der Waals surface area contributed by atoms with Crippen LogP contribution in [0, 0.1) is 5.82 Å². The lowest BCUT2D eigenvalue weighted by molar-refractivity contribution is -0.137. The number of nitrogens with one attached hydrogen (secondary N) is 1. The Morgan fingerprint density at radius 2 is 2.06 bits per heavy atom. The summed E-state index contributed by atoms with van der Waals surface area (Å²) >= 11 is 6.06. The molecule has 0 aliphatic carbocycles. The fourth-order valence-electron chi connectivity index (χ4n) is 3.75. The topological polar surface area (TPSA) is 102 Å². The second-order valence-electron chi connectivity index (χ2n) is 8.81. The number of allylic oxidation sites excluding steroid dienone is 4. The molecule has 0 saturated carbocycles. The minimum Gasteiger partial charge on any atom is -0.488 e. The number of aliphatic carboxylic acids is 1. The summed E-state index contributed by atoms with van der Waals surface area (Å²) in [6.45, 7) is 9.26. The van der Waals surface area contributed by atoms with Crippen LogP contribution in [0.4, 0.5) is 19.7 Å². The summed E-state index contributed by atoms with van der Waals surface area (Å²) in [5.74, 6) is -1.44. The number of hydrogen-bond acceptors (Lipinski definition) is 5. The maximum Gasteiger partial charge on any atom is 0.331 e. The zero-order valence-electron chi connectivity index (χ0n) is 20.4. The van der Waals surface area contributed by atoms with Crippen molar-refractivity contribution >= 4 is 35.3 Å². The van der Waals surface area contributed by atoms with Crippen LogP contribution in [-0.2, 0) is 4.79 Å². The van der Waals surface area contributed by atoms with E-state index in [9.17, 15) is 18.8 Å². The van der Waals surface area contributed by atoms with Gasteiger partial charge in [0.2, 0.25) is 0 Å². The molecule has 9 nitrogen and oxygen atoms in total. The molecule has 194 valence electrons. The molecule has 36 heavy (non-hydrogen) atoms. The van der Waals surface area contributed by atoms with Gasteiger partial charge in [-0.2, -0.15) is 0 Å². The first-order valence-corrected chi connectivity index (χ1v) is 11.9. The molecule has 3 rings (SSSR count). The number of amides is 4. The van der Waals surface area contributed by atoms with Crippen LogP contribution in [-0.4, -0.2) is 69.4 Å². The van der Waals surface area contributed by atoms with Crippen molar-refractivity contribution in [2.24, 2.45) is 0 Å². The molecule has 2 unspecified atom stereocenters. The lowest BCUT2D eigenvalue weighted by atomic mass is 10.2. The van der Waals surface area contributed by atoms with Crippen LogP contribution < -0.4 is 10.1 Å². The van der Waals surface area contributed by atoms with E-state index in [2.05, 4.69) is 11.9 Å². The lowest BCUT2D eigenvalue weighted by Gasteiger charge is -2.32. The number of carbonyl (C=O) groups excluding carboxylic acids is 2. The van der Waals surface area contributed by atoms with Gasteiger partial charge in [-0.05, 0) is 51.0 Å². The number of fused-ring (bicyclic) bond motifs is 1. The van der Waals surface area contributed by atoms with Crippen LogP contribution >= 0.6 is 11.6 Å². The molecule has 2 aliphatic rings. The van der Waals surface area contributed by atoms with Crippen LogP contribution in [0.2, 0.25) is 0 Å². The van der Waals surface area contributed by atoms with E-state index in [0.29, 0.717) is 16.3 Å². The number of halogens is 2. The van der Waals surface area contributed by atoms with Crippen LogP contribution in [0.25, 0.3) is 0 Å². The monoisotopic (exact) mass is 520 g/mol. The number of carbonyl (C=O) groups is 3. The highest BCUT2D eigenvalue weighted by Gasteiger charge is 2.62. The molecule has 0 bridgehead atoms. The molecule has 0 radical (unpaired) electrons. The largest absolute Gasteiger partial charge is 0.488 e. The zero-order valence-corrected chi connectivity index (χ0v) is 21.2. The third-order valence-corrected chi connectivity index (χ3v) is 5.94. The standard InChI is InChI=1S/C25H30ClFN4O5/c1-15(2)18(26)8-5-6-12-29-23-22(28-17-10-11-20(19(27)14-17)36-16(3)4)31(23)25(35)30(24(29)34)13-7-9-21(32)33/h5-6,8,10-11,14,16,22-23,28H,1,7,9,12-13H2,2-4H3,(H,32,33)/b6-5+,18-8+. The Morgan fingerprint density at radius 3 is 2.67 bits per heavy atom. The Bertz CT molecular complexity index is 1110. The SMILES string of the molecule is C=C(C)/C(Cl)=C\C=C\CN1C(=O)N(CCCC(=O)O)C(=O)N2C(Nc3ccc(OC(C)C)c(F)c3)C12. The van der Waals surface area contributed by atoms with E-state index in [0.717, 1.165) is 4.90 Å². The Morgan fingerprint density at radius 1 is 1.33 bits per heavy atom. The highest BCUT2D eigenvalue weighted by molar-refractivity contribution is 6.31. The van der Waals surface area contributed by atoms with Crippen molar-refractivity contribution in [1.29, 1.82) is 0 Å². The van der Waals surface area contributed by atoms with Gasteiger partial charge in [-0.15, -0.1) is 0 Å². The Hall–Kier alpha value is -3.53. The normalized spacial score (nSPS) is 19.7. The molecule has 11 heteroatoms. The first-order valence-electron chi connectivity index (χ1n) is 11.5. The van der Waals surface area contributed by atoms with Gasteiger partial charge in [-0.25, -0.2) is 18.9 Å². The minimum absolute atomic E-state index is 0.0304. The molecule has 1 aromatic rings. The van der Waals surface area contributed by atoms with E-state index in [1.165, 1.54) is 21.9 Å². The van der Waals surface area contributed by atoms with E-state index < -0.39 is 36.2 Å². The number of carboxylic acids is 1. The third-order valence-electron chi connectivity index (χ3n) is 5.49. The van der Waals surface area contributed by atoms with Gasteiger partial charge in [0, 0.05) is 36.3 Å². The Balaban J connectivity index is 1.78. The first-order chi connectivity index (χ1) is 17.0. The number of benzene rings is 1. The lowest BCUT2D eigenvalue weighted by Crippen LogP contribution is -2.55. The van der Waals surface area contributed by atoms with Crippen LogP contribution in [0.1, 0.15) is 33.6 Å². The molecule has 2 heterocycles. The van der Waals surface area contributed by atoms with Crippen molar-refractivity contribution in [2.75, 3.05) is 18.4 Å². The van der Waals surface area contributed by atoms with Crippen molar-refractivity contribution < 1.29 is 28.6 Å². The molecule has 2 N–H and O–H groups in total. The summed E-state index contributed by atoms with van der Waals surface area (Å²) in [7, 11) is 0. The summed E-state index contributed by atoms with van der Waals surface area (Å²) in [4.78, 5) is 41.0. The molecule has 4 amide bonds. The predicted octanol–water partition coefficient (Wildman–Crippen LogP) is 4.97. The molecule has 2 atom stereocenters. The smallest absolute Gasteiger partial charge is 0.331 e. The van der Waals surface area contributed by atoms with Gasteiger partial charge in [0.1, 0.15) is 6.17 Å². The van der Waals surface area contributed by atoms with Crippen LogP contribution in [0.3, 0.4) is 0 Å². The number of carboxylic acid groups (broad SMARTS) is 1. The van der Waals surface area contributed by atoms with E-state index in [4.69, 9.17) is 21.4 Å². The molecule has 0 aromatic heterocycles. The minimum atomic E-state index is -1.01. The molecule has 2 fully saturated rings. The van der Waals surface area contributed by atoms with E-state index in [1.54, 1.807) is 45.1 Å². The van der Waals surface area contributed by atoms with Crippen molar-refractivity contribution in [3.8, 4) is 5.75 Å². The van der Waals surface area contributed by atoms with E-state index in [-0.39, 0.29) is 37.8 Å². The van der Waals surface area contributed by atoms with Crippen molar-refractivity contribution in [3.05, 3.63) is 59.4 Å². The van der Waals surface area contributed by atoms with E-state index in [1.807, 2.05) is 0 Å². The molecule has 1 aromatic carbocycles. The number of ether oxygens (including phenoxy) is 1. The molecule has 2 saturated heterocycles. The zero-order chi connectivity index (χ0) is 26.6. The van der Waals surface area contributed by atoms with Crippen molar-refractivity contribution in [3.63, 3.8) is 0 Å². The first kappa shape index (κ1) is 27.1. The van der Waals surface area contributed by atoms with Gasteiger partial charge in [0.05, 0.1) is 6.10 Å². The number of urea groups is 2. The summed E-state index contributed by atoms with van der Waals surface area (Å²) in [6, 6.07) is 3.36. The number of rotatable bonds is 12. The predicted molar refractivity (Wildman–Crippen MR) is 134 cm³/mol. The van der Waals surface area contributed by atoms with Crippen LogP contribution in [0.15, 0.2) is 53.6 Å². The summed E-state index contributed by atoms with van der Waals surface area (Å²) < 4.78 is 19.9. The average Bonchev–Trinajstić information content (AvgIpc) is 3.50. The summed E-state index contributed by atoms with van der Waals surface area (Å²) in [6.07, 6.45) is 3.67. The van der Waals surface area contributed by atoms with Gasteiger partial charge in [-0.3, -0.25) is 14.6 Å². The van der Waals surface area contributed by atoms with Gasteiger partial charge in [-0.1, -0.05) is 30.3 Å². The highest BCUT2D eigenvalue weighted by Crippen LogP contribution is 2.39. The summed E-state index contributed by atoms with van der Waals surface area (Å²) in [5.41, 5.74) is 1.12. The third kappa shape index (κ3) is 6.37. The Kier molecular flexibility index (Phi) is 8.62. The number of nitrogens with zero attached hydrogens (tertiary/aromatic N) is 3. The molecule has 0 spiro atoms. The van der Waals surface area contributed by atoms with E-state index >= 15 is 0 Å².